The third kappa shape index (κ3) is 14.9. The van der Waals surface area contributed by atoms with Crippen molar-refractivity contribution in [3.63, 3.8) is 0 Å². The number of aryl methyl sites for hydroxylation is 5. The van der Waals surface area contributed by atoms with Crippen molar-refractivity contribution in [3.05, 3.63) is 70.8 Å². The molecule has 0 aliphatic heterocycles. The average molecular weight is 432 g/mol. The van der Waals surface area contributed by atoms with Gasteiger partial charge in [0.05, 0.1) is 18.6 Å². The van der Waals surface area contributed by atoms with Gasteiger partial charge in [0.25, 0.3) is 0 Å². The average Bonchev–Trinajstić information content (AvgIpc) is 3.43. The van der Waals surface area contributed by atoms with Crippen molar-refractivity contribution in [1.82, 2.24) is 40.8 Å². The number of rotatable bonds is 0. The molecule has 0 atom stereocenters. The van der Waals surface area contributed by atoms with Crippen LogP contribution in [0.4, 0.5) is 0 Å². The van der Waals surface area contributed by atoms with Crippen LogP contribution in [0, 0.1) is 45.9 Å². The first-order chi connectivity index (χ1) is 12.9. The molecule has 0 amide bonds. The number of nitrogens with zero attached hydrogens (tertiary/aromatic N) is 5. The number of H-pyrrole nitrogens is 4. The number of aromatic amines is 4. The van der Waals surface area contributed by atoms with Crippen molar-refractivity contribution in [2.75, 3.05) is 0 Å². The minimum Gasteiger partial charge on any atom is -0.285 e. The Kier molecular flexibility index (Phi) is 22.1. The number of nitriles is 1. The van der Waals surface area contributed by atoms with Crippen LogP contribution in [0.5, 0.6) is 0 Å². The summed E-state index contributed by atoms with van der Waals surface area (Å²) in [4.78, 5) is 0. The topological polar surface area (TPSA) is 139 Å². The Morgan fingerprint density at radius 1 is 0.742 bits per heavy atom. The molecule has 174 valence electrons. The summed E-state index contributed by atoms with van der Waals surface area (Å²) in [6.07, 6.45) is 8.79. The summed E-state index contributed by atoms with van der Waals surface area (Å²) in [5.41, 5.74) is 6.10. The van der Waals surface area contributed by atoms with Crippen molar-refractivity contribution < 1.29 is 0 Å². The molecule has 0 saturated carbocycles. The van der Waals surface area contributed by atoms with Crippen LogP contribution in [0.3, 0.4) is 0 Å². The van der Waals surface area contributed by atoms with E-state index in [1.807, 2.05) is 59.1 Å². The molecule has 0 fully saturated rings. The smallest absolute Gasteiger partial charge is 0.138 e. The lowest BCUT2D eigenvalue weighted by Crippen LogP contribution is -1.74. The summed E-state index contributed by atoms with van der Waals surface area (Å²) in [7, 11) is 0. The zero-order chi connectivity index (χ0) is 20.1. The molecule has 4 rings (SSSR count). The number of nitrogens with one attached hydrogen (secondary N) is 4. The van der Waals surface area contributed by atoms with E-state index in [2.05, 4.69) is 40.8 Å². The second kappa shape index (κ2) is 19.6. The van der Waals surface area contributed by atoms with Crippen molar-refractivity contribution in [1.29, 1.82) is 5.26 Å². The third-order valence-corrected chi connectivity index (χ3v) is 3.30. The maximum Gasteiger partial charge on any atom is 0.138 e. The predicted octanol–water partition coefficient (Wildman–Crippen LogP) is 5.60. The summed E-state index contributed by atoms with van der Waals surface area (Å²) in [5.74, 6) is 0. The molecule has 0 spiro atoms. The van der Waals surface area contributed by atoms with E-state index < -0.39 is 0 Å². The minimum absolute atomic E-state index is 0. The summed E-state index contributed by atoms with van der Waals surface area (Å²) >= 11 is 0. The van der Waals surface area contributed by atoms with E-state index in [4.69, 9.17) is 5.26 Å². The van der Waals surface area contributed by atoms with E-state index in [1.54, 1.807) is 18.6 Å². The molecule has 0 aliphatic rings. The molecular formula is C22H41N9. The first-order valence-electron chi connectivity index (χ1n) is 8.22. The van der Waals surface area contributed by atoms with Crippen LogP contribution < -0.4 is 0 Å². The molecule has 0 aliphatic carbocycles. The Balaban J connectivity index is -0.000000151. The molecule has 9 nitrogen and oxygen atoms in total. The highest BCUT2D eigenvalue weighted by molar-refractivity contribution is 5.26. The molecule has 0 unspecified atom stereocenters. The first kappa shape index (κ1) is 34.8. The molecule has 4 aromatic heterocycles. The minimum atomic E-state index is 0. The fraction of sp³-hybridized carbons (Fsp3) is 0.409. The summed E-state index contributed by atoms with van der Waals surface area (Å²) < 4.78 is 0. The van der Waals surface area contributed by atoms with Gasteiger partial charge in [0.2, 0.25) is 0 Å². The van der Waals surface area contributed by atoms with Gasteiger partial charge in [-0.15, -0.1) is 0 Å². The van der Waals surface area contributed by atoms with Crippen LogP contribution in [-0.4, -0.2) is 40.8 Å². The fourth-order valence-electron chi connectivity index (χ4n) is 1.51. The quantitative estimate of drug-likeness (QED) is 0.287. The van der Waals surface area contributed by atoms with Crippen LogP contribution in [0.1, 0.15) is 63.5 Å². The van der Waals surface area contributed by atoms with Gasteiger partial charge in [0.15, 0.2) is 0 Å². The Morgan fingerprint density at radius 3 is 1.52 bits per heavy atom. The number of aromatic nitrogens is 8. The normalized spacial score (nSPS) is 7.74. The first-order valence-corrected chi connectivity index (χ1v) is 8.22. The zero-order valence-electron chi connectivity index (χ0n) is 16.2. The predicted molar refractivity (Wildman–Crippen MR) is 130 cm³/mol. The molecule has 4 N–H and O–H groups in total. The van der Waals surface area contributed by atoms with Crippen LogP contribution in [0.25, 0.3) is 0 Å². The third-order valence-electron chi connectivity index (χ3n) is 3.30. The highest BCUT2D eigenvalue weighted by Crippen LogP contribution is 1.97. The van der Waals surface area contributed by atoms with Gasteiger partial charge in [-0.2, -0.15) is 25.7 Å². The molecule has 0 aromatic carbocycles. The molecule has 0 bridgehead atoms. The van der Waals surface area contributed by atoms with Crippen molar-refractivity contribution >= 4 is 0 Å². The summed E-state index contributed by atoms with van der Waals surface area (Å²) in [5, 5.41) is 33.9. The van der Waals surface area contributed by atoms with E-state index in [0.717, 1.165) is 17.0 Å². The molecule has 31 heavy (non-hydrogen) atoms. The Morgan fingerprint density at radius 2 is 1.35 bits per heavy atom. The number of hydrogen-bond donors (Lipinski definition) is 4. The highest BCUT2D eigenvalue weighted by atomic mass is 15.1. The van der Waals surface area contributed by atoms with Crippen LogP contribution in [-0.2, 0) is 0 Å². The molecule has 0 radical (unpaired) electrons. The van der Waals surface area contributed by atoms with Crippen LogP contribution in [0.2, 0.25) is 0 Å². The SMILES string of the molecule is C.C.C.C.Cc1ccn[nH]1.Cc1cn[nH]c1.Cc1cn[nH]c1C.Cc1cn[nH]c1C#N. The Labute approximate surface area is 187 Å². The maximum atomic E-state index is 8.29. The maximum absolute atomic E-state index is 8.29. The monoisotopic (exact) mass is 431 g/mol. The molecule has 4 heterocycles. The molecular weight excluding hydrogens is 390 g/mol. The van der Waals surface area contributed by atoms with Gasteiger partial charge in [-0.3, -0.25) is 20.4 Å². The van der Waals surface area contributed by atoms with E-state index in [-0.39, 0.29) is 29.7 Å². The van der Waals surface area contributed by atoms with Crippen LogP contribution in [0.15, 0.2) is 37.1 Å². The van der Waals surface area contributed by atoms with E-state index in [9.17, 15) is 0 Å². The van der Waals surface area contributed by atoms with E-state index in [0.29, 0.717) is 5.69 Å². The summed E-state index contributed by atoms with van der Waals surface area (Å²) in [6, 6.07) is 3.87. The lowest BCUT2D eigenvalue weighted by atomic mass is 10.3. The van der Waals surface area contributed by atoms with Crippen LogP contribution >= 0.6 is 0 Å². The largest absolute Gasteiger partial charge is 0.285 e. The Hall–Kier alpha value is -3.67. The zero-order valence-corrected chi connectivity index (χ0v) is 16.2. The Bertz CT molecular complexity index is 847. The lowest BCUT2D eigenvalue weighted by molar-refractivity contribution is 1.04. The standard InChI is InChI=1S/C5H5N3.C5H8N2.2C4H6N2.4CH4/c1-4-3-7-8-5(4)2-6;1-4-3-6-7-5(4)2;1-4-2-5-6-3-4;1-4-2-3-5-6-4;;;;/h3H,1H3,(H,7,8);3H,1-2H3,(H,6,7);2*2-3H,1H3,(H,5,6);4*1H4. The fourth-order valence-corrected chi connectivity index (χ4v) is 1.51. The molecule has 4 aromatic rings. The van der Waals surface area contributed by atoms with Gasteiger partial charge in [0, 0.05) is 29.3 Å². The van der Waals surface area contributed by atoms with Crippen molar-refractivity contribution in [2.45, 2.75) is 64.3 Å². The van der Waals surface area contributed by atoms with Gasteiger partial charge < -0.3 is 0 Å². The van der Waals surface area contributed by atoms with E-state index in [1.165, 1.54) is 11.1 Å². The van der Waals surface area contributed by atoms with Gasteiger partial charge in [-0.05, 0) is 51.8 Å². The summed E-state index contributed by atoms with van der Waals surface area (Å²) in [6.45, 7) is 9.82. The lowest BCUT2D eigenvalue weighted by Gasteiger charge is -1.78. The van der Waals surface area contributed by atoms with Gasteiger partial charge in [0.1, 0.15) is 11.8 Å². The van der Waals surface area contributed by atoms with Gasteiger partial charge in [-0.25, -0.2) is 0 Å². The van der Waals surface area contributed by atoms with Gasteiger partial charge in [-0.1, -0.05) is 29.7 Å². The second-order valence-electron chi connectivity index (χ2n) is 5.73. The van der Waals surface area contributed by atoms with E-state index >= 15 is 0 Å². The highest BCUT2D eigenvalue weighted by Gasteiger charge is 1.93. The second-order valence-corrected chi connectivity index (χ2v) is 5.73. The van der Waals surface area contributed by atoms with Gasteiger partial charge >= 0.3 is 0 Å². The van der Waals surface area contributed by atoms with Crippen molar-refractivity contribution in [3.8, 4) is 6.07 Å². The number of hydrogen-bond acceptors (Lipinski definition) is 5. The molecule has 9 heteroatoms. The molecule has 0 saturated heterocycles. The van der Waals surface area contributed by atoms with Crippen molar-refractivity contribution in [2.24, 2.45) is 0 Å².